The van der Waals surface area contributed by atoms with Gasteiger partial charge in [0.05, 0.1) is 12.2 Å². The predicted molar refractivity (Wildman–Crippen MR) is 64.6 cm³/mol. The minimum atomic E-state index is 0.726. The lowest BCUT2D eigenvalue weighted by Crippen LogP contribution is -2.12. The number of rotatable bonds is 3. The van der Waals surface area contributed by atoms with Crippen LogP contribution < -0.4 is 5.32 Å². The number of fused-ring (bicyclic) bond motifs is 1. The first-order valence-corrected chi connectivity index (χ1v) is 5.98. The first-order valence-electron chi connectivity index (χ1n) is 5.98. The van der Waals surface area contributed by atoms with E-state index in [0.717, 1.165) is 30.9 Å². The molecule has 0 amide bonds. The number of H-pyrrole nitrogens is 1. The van der Waals surface area contributed by atoms with Gasteiger partial charge >= 0.3 is 0 Å². The second kappa shape index (κ2) is 4.53. The van der Waals surface area contributed by atoms with Crippen LogP contribution in [0.3, 0.4) is 0 Å². The zero-order valence-corrected chi connectivity index (χ0v) is 9.61. The van der Waals surface area contributed by atoms with Crippen molar-refractivity contribution >= 4 is 5.82 Å². The molecule has 0 radical (unpaired) electrons. The first-order chi connectivity index (χ1) is 8.43. The van der Waals surface area contributed by atoms with Crippen LogP contribution in [0.15, 0.2) is 18.6 Å². The highest BCUT2D eigenvalue weighted by atomic mass is 15.1. The smallest absolute Gasteiger partial charge is 0.133 e. The van der Waals surface area contributed by atoms with Gasteiger partial charge in [-0.15, -0.1) is 0 Å². The van der Waals surface area contributed by atoms with Gasteiger partial charge in [-0.05, 0) is 31.7 Å². The van der Waals surface area contributed by atoms with Crippen LogP contribution in [0.4, 0.5) is 5.82 Å². The van der Waals surface area contributed by atoms with Crippen LogP contribution in [0.2, 0.25) is 0 Å². The zero-order chi connectivity index (χ0) is 11.5. The fourth-order valence-electron chi connectivity index (χ4n) is 2.24. The summed E-state index contributed by atoms with van der Waals surface area (Å²) in [4.78, 5) is 8.69. The summed E-state index contributed by atoms with van der Waals surface area (Å²) in [7, 11) is 0. The third-order valence-corrected chi connectivity index (χ3v) is 3.13. The number of nitrogens with zero attached hydrogens (tertiary/aromatic N) is 3. The highest BCUT2D eigenvalue weighted by Crippen LogP contribution is 2.24. The molecule has 0 spiro atoms. The lowest BCUT2D eigenvalue weighted by molar-refractivity contribution is 0.663. The van der Waals surface area contributed by atoms with Crippen LogP contribution in [0.1, 0.15) is 29.8 Å². The summed E-state index contributed by atoms with van der Waals surface area (Å²) >= 11 is 0. The number of aromatic amines is 1. The van der Waals surface area contributed by atoms with Crippen LogP contribution in [-0.4, -0.2) is 20.2 Å². The Morgan fingerprint density at radius 1 is 1.24 bits per heavy atom. The van der Waals surface area contributed by atoms with E-state index < -0.39 is 0 Å². The summed E-state index contributed by atoms with van der Waals surface area (Å²) in [5.74, 6) is 0.976. The van der Waals surface area contributed by atoms with E-state index in [-0.39, 0.29) is 0 Å². The van der Waals surface area contributed by atoms with E-state index in [9.17, 15) is 0 Å². The van der Waals surface area contributed by atoms with Crippen molar-refractivity contribution in [2.24, 2.45) is 0 Å². The Morgan fingerprint density at radius 3 is 3.06 bits per heavy atom. The first kappa shape index (κ1) is 10.3. The summed E-state index contributed by atoms with van der Waals surface area (Å²) in [5, 5.41) is 10.2. The fraction of sp³-hybridized carbons (Fsp3) is 0.417. The average Bonchev–Trinajstić information content (AvgIpc) is 2.89. The Labute approximate surface area is 99.7 Å². The van der Waals surface area contributed by atoms with Crippen molar-refractivity contribution in [3.8, 4) is 0 Å². The second-order valence-corrected chi connectivity index (χ2v) is 4.29. The number of aryl methyl sites for hydroxylation is 1. The van der Waals surface area contributed by atoms with Crippen molar-refractivity contribution < 1.29 is 0 Å². The summed E-state index contributed by atoms with van der Waals surface area (Å²) in [6.07, 6.45) is 8.05. The van der Waals surface area contributed by atoms with Crippen molar-refractivity contribution in [1.82, 2.24) is 20.2 Å². The third-order valence-electron chi connectivity index (χ3n) is 3.13. The van der Waals surface area contributed by atoms with E-state index in [0.29, 0.717) is 0 Å². The molecule has 3 rings (SSSR count). The fourth-order valence-corrected chi connectivity index (χ4v) is 2.24. The van der Waals surface area contributed by atoms with Crippen molar-refractivity contribution in [3.05, 3.63) is 35.5 Å². The molecule has 88 valence electrons. The zero-order valence-electron chi connectivity index (χ0n) is 9.61. The highest BCUT2D eigenvalue weighted by molar-refractivity contribution is 5.47. The van der Waals surface area contributed by atoms with Crippen LogP contribution in [0, 0.1) is 0 Å². The summed E-state index contributed by atoms with van der Waals surface area (Å²) in [5.41, 5.74) is 3.56. The van der Waals surface area contributed by atoms with Crippen LogP contribution in [-0.2, 0) is 19.4 Å². The van der Waals surface area contributed by atoms with Gasteiger partial charge < -0.3 is 5.32 Å². The van der Waals surface area contributed by atoms with E-state index in [2.05, 4.69) is 25.5 Å². The minimum absolute atomic E-state index is 0.726. The van der Waals surface area contributed by atoms with Gasteiger partial charge in [-0.3, -0.25) is 5.10 Å². The van der Waals surface area contributed by atoms with Crippen molar-refractivity contribution in [3.63, 3.8) is 0 Å². The number of nitrogens with one attached hydrogen (secondary N) is 2. The number of hydrogen-bond donors (Lipinski definition) is 2. The molecule has 0 unspecified atom stereocenters. The van der Waals surface area contributed by atoms with Crippen molar-refractivity contribution in [2.45, 2.75) is 32.2 Å². The second-order valence-electron chi connectivity index (χ2n) is 4.29. The molecule has 0 saturated heterocycles. The molecule has 2 heterocycles. The quantitative estimate of drug-likeness (QED) is 0.840. The van der Waals surface area contributed by atoms with Gasteiger partial charge in [0.25, 0.3) is 0 Å². The molecule has 2 N–H and O–H groups in total. The molecule has 0 fully saturated rings. The molecule has 0 saturated carbocycles. The molecular formula is C12H15N5. The van der Waals surface area contributed by atoms with E-state index in [1.165, 1.54) is 24.1 Å². The van der Waals surface area contributed by atoms with Gasteiger partial charge in [0.2, 0.25) is 0 Å². The predicted octanol–water partition coefficient (Wildman–Crippen LogP) is 1.69. The molecule has 2 aromatic rings. The average molecular weight is 229 g/mol. The van der Waals surface area contributed by atoms with Gasteiger partial charge in [-0.2, -0.15) is 5.10 Å². The minimum Gasteiger partial charge on any atom is -0.364 e. The number of hydrogen-bond acceptors (Lipinski definition) is 4. The summed E-state index contributed by atoms with van der Waals surface area (Å²) in [6, 6.07) is 1.96. The maximum Gasteiger partial charge on any atom is 0.133 e. The van der Waals surface area contributed by atoms with Gasteiger partial charge in [-0.1, -0.05) is 0 Å². The van der Waals surface area contributed by atoms with E-state index in [1.807, 2.05) is 6.07 Å². The normalized spacial score (nSPS) is 14.4. The monoisotopic (exact) mass is 229 g/mol. The molecule has 5 heteroatoms. The Morgan fingerprint density at radius 2 is 2.18 bits per heavy atom. The lowest BCUT2D eigenvalue weighted by Gasteiger charge is -2.17. The van der Waals surface area contributed by atoms with Crippen LogP contribution in [0.25, 0.3) is 0 Å². The molecule has 0 atom stereocenters. The Balaban J connectivity index is 1.78. The molecule has 2 aromatic heterocycles. The Hall–Kier alpha value is -1.91. The largest absolute Gasteiger partial charge is 0.364 e. The summed E-state index contributed by atoms with van der Waals surface area (Å²) < 4.78 is 0. The van der Waals surface area contributed by atoms with Crippen LogP contribution >= 0.6 is 0 Å². The topological polar surface area (TPSA) is 66.5 Å². The van der Waals surface area contributed by atoms with Gasteiger partial charge in [0.15, 0.2) is 0 Å². The van der Waals surface area contributed by atoms with E-state index in [4.69, 9.17) is 0 Å². The van der Waals surface area contributed by atoms with Crippen molar-refractivity contribution in [2.75, 3.05) is 5.32 Å². The van der Waals surface area contributed by atoms with Gasteiger partial charge in [-0.25, -0.2) is 9.97 Å². The third kappa shape index (κ3) is 2.13. The molecular weight excluding hydrogens is 214 g/mol. The lowest BCUT2D eigenvalue weighted by atomic mass is 9.96. The molecule has 1 aliphatic rings. The molecule has 0 bridgehead atoms. The van der Waals surface area contributed by atoms with Gasteiger partial charge in [0.1, 0.15) is 12.1 Å². The SMILES string of the molecule is c1cc(CNc2ncnc3c2CCCC3)[nH]n1. The molecule has 17 heavy (non-hydrogen) atoms. The maximum atomic E-state index is 4.35. The Kier molecular flexibility index (Phi) is 2.73. The standard InChI is InChI=1S/C12H15N5/c1-2-4-11-10(3-1)12(15-8-14-11)13-7-9-5-6-16-17-9/h5-6,8H,1-4,7H2,(H,16,17)(H,13,14,15). The maximum absolute atomic E-state index is 4.35. The molecule has 5 nitrogen and oxygen atoms in total. The van der Waals surface area contributed by atoms with E-state index in [1.54, 1.807) is 12.5 Å². The molecule has 0 aromatic carbocycles. The summed E-state index contributed by atoms with van der Waals surface area (Å²) in [6.45, 7) is 0.726. The highest BCUT2D eigenvalue weighted by Gasteiger charge is 2.14. The number of aromatic nitrogens is 4. The van der Waals surface area contributed by atoms with Gasteiger partial charge in [0, 0.05) is 17.5 Å². The molecule has 1 aliphatic carbocycles. The number of anilines is 1. The van der Waals surface area contributed by atoms with Crippen LogP contribution in [0.5, 0.6) is 0 Å². The molecule has 0 aliphatic heterocycles. The van der Waals surface area contributed by atoms with Crippen molar-refractivity contribution in [1.29, 1.82) is 0 Å². The van der Waals surface area contributed by atoms with E-state index >= 15 is 0 Å². The Bertz CT molecular complexity index is 492.